The van der Waals surface area contributed by atoms with Crippen LogP contribution in [0.1, 0.15) is 11.1 Å². The van der Waals surface area contributed by atoms with Crippen LogP contribution in [0.3, 0.4) is 0 Å². The second-order valence-corrected chi connectivity index (χ2v) is 7.71. The molecule has 0 aliphatic carbocycles. The summed E-state index contributed by atoms with van der Waals surface area (Å²) in [4.78, 5) is 0.0936. The molecule has 0 bridgehead atoms. The number of halogens is 2. The summed E-state index contributed by atoms with van der Waals surface area (Å²) in [5, 5.41) is 0.593. The van der Waals surface area contributed by atoms with Crippen molar-refractivity contribution < 1.29 is 8.42 Å². The van der Waals surface area contributed by atoms with E-state index in [4.69, 9.17) is 23.2 Å². The molecule has 0 aliphatic rings. The van der Waals surface area contributed by atoms with E-state index in [0.29, 0.717) is 16.6 Å². The van der Waals surface area contributed by atoms with Crippen LogP contribution in [0.15, 0.2) is 47.4 Å². The summed E-state index contributed by atoms with van der Waals surface area (Å²) in [5.41, 5.74) is 2.00. The van der Waals surface area contributed by atoms with Crippen LogP contribution >= 0.6 is 23.2 Å². The maximum atomic E-state index is 12.6. The van der Waals surface area contributed by atoms with Crippen molar-refractivity contribution in [2.75, 3.05) is 7.05 Å². The van der Waals surface area contributed by atoms with Crippen LogP contribution in [-0.4, -0.2) is 19.8 Å². The first kappa shape index (κ1) is 16.3. The molecule has 0 spiro atoms. The Labute approximate surface area is 135 Å². The van der Waals surface area contributed by atoms with E-state index in [1.807, 2.05) is 31.2 Å². The summed E-state index contributed by atoms with van der Waals surface area (Å²) in [6.45, 7) is 2.24. The second kappa shape index (κ2) is 6.36. The highest BCUT2D eigenvalue weighted by Crippen LogP contribution is 2.25. The summed E-state index contributed by atoms with van der Waals surface area (Å²) < 4.78 is 26.4. The number of nitrogens with zero attached hydrogens (tertiary/aromatic N) is 1. The van der Waals surface area contributed by atoms with E-state index in [9.17, 15) is 8.42 Å². The Balaban J connectivity index is 2.33. The molecule has 112 valence electrons. The molecule has 0 aromatic heterocycles. The van der Waals surface area contributed by atoms with Crippen molar-refractivity contribution in [3.8, 4) is 0 Å². The van der Waals surface area contributed by atoms with Gasteiger partial charge in [0, 0.05) is 23.6 Å². The summed E-state index contributed by atoms with van der Waals surface area (Å²) in [7, 11) is -2.10. The lowest BCUT2D eigenvalue weighted by atomic mass is 10.1. The summed E-state index contributed by atoms with van der Waals surface area (Å²) in [5.74, 6) is 0. The fourth-order valence-corrected chi connectivity index (χ4v) is 3.85. The summed E-state index contributed by atoms with van der Waals surface area (Å²) in [6.07, 6.45) is 0. The first-order valence-electron chi connectivity index (χ1n) is 6.27. The number of benzene rings is 2. The average molecular weight is 344 g/mol. The molecule has 0 aliphatic heterocycles. The first-order chi connectivity index (χ1) is 9.80. The first-order valence-corrected chi connectivity index (χ1v) is 8.47. The summed E-state index contributed by atoms with van der Waals surface area (Å²) >= 11 is 11.8. The molecular weight excluding hydrogens is 329 g/mol. The van der Waals surface area contributed by atoms with Crippen LogP contribution in [0, 0.1) is 6.92 Å². The van der Waals surface area contributed by atoms with Crippen molar-refractivity contribution in [2.24, 2.45) is 0 Å². The predicted molar refractivity (Wildman–Crippen MR) is 86.3 cm³/mol. The standard InChI is InChI=1S/C15H15Cl2NO2S/c1-11-5-3-4-6-12(11)10-18(2)21(19,20)15-8-13(16)7-14(17)9-15/h3-9H,10H2,1-2H3. The molecular formula is C15H15Cl2NO2S. The van der Waals surface area contributed by atoms with Crippen molar-refractivity contribution in [1.82, 2.24) is 4.31 Å². The summed E-state index contributed by atoms with van der Waals surface area (Å²) in [6, 6.07) is 12.0. The highest BCUT2D eigenvalue weighted by Gasteiger charge is 2.22. The Kier molecular flexibility index (Phi) is 4.94. The van der Waals surface area contributed by atoms with Crippen LogP contribution in [0.25, 0.3) is 0 Å². The second-order valence-electron chi connectivity index (χ2n) is 4.79. The average Bonchev–Trinajstić information content (AvgIpc) is 2.40. The van der Waals surface area contributed by atoms with E-state index < -0.39 is 10.0 Å². The minimum Gasteiger partial charge on any atom is -0.207 e. The lowest BCUT2D eigenvalue weighted by Crippen LogP contribution is -2.26. The minimum atomic E-state index is -3.63. The van der Waals surface area contributed by atoms with Gasteiger partial charge in [0.1, 0.15) is 0 Å². The smallest absolute Gasteiger partial charge is 0.207 e. The molecule has 0 saturated heterocycles. The Bertz CT molecular complexity index is 740. The van der Waals surface area contributed by atoms with E-state index in [1.54, 1.807) is 0 Å². The lowest BCUT2D eigenvalue weighted by Gasteiger charge is -2.18. The largest absolute Gasteiger partial charge is 0.243 e. The molecule has 21 heavy (non-hydrogen) atoms. The Morgan fingerprint density at radius 1 is 1.05 bits per heavy atom. The van der Waals surface area contributed by atoms with Gasteiger partial charge < -0.3 is 0 Å². The molecule has 3 nitrogen and oxygen atoms in total. The van der Waals surface area contributed by atoms with Gasteiger partial charge in [-0.15, -0.1) is 0 Å². The molecule has 6 heteroatoms. The number of rotatable bonds is 4. The quantitative estimate of drug-likeness (QED) is 0.837. The van der Waals surface area contributed by atoms with Crippen LogP contribution in [0.2, 0.25) is 10.0 Å². The van der Waals surface area contributed by atoms with Gasteiger partial charge in [0.05, 0.1) is 4.90 Å². The Morgan fingerprint density at radius 2 is 1.62 bits per heavy atom. The Hall–Kier alpha value is -1.07. The highest BCUT2D eigenvalue weighted by molar-refractivity contribution is 7.89. The third-order valence-corrected chi connectivity index (χ3v) is 5.42. The van der Waals surface area contributed by atoms with Gasteiger partial charge in [-0.1, -0.05) is 47.5 Å². The fraction of sp³-hybridized carbons (Fsp3) is 0.200. The van der Waals surface area contributed by atoms with E-state index in [0.717, 1.165) is 11.1 Å². The molecule has 0 unspecified atom stereocenters. The third-order valence-electron chi connectivity index (χ3n) is 3.20. The van der Waals surface area contributed by atoms with Gasteiger partial charge in [-0.25, -0.2) is 8.42 Å². The van der Waals surface area contributed by atoms with E-state index >= 15 is 0 Å². The number of hydrogen-bond donors (Lipinski definition) is 0. The zero-order valence-corrected chi connectivity index (χ0v) is 14.0. The maximum absolute atomic E-state index is 12.6. The number of sulfonamides is 1. The molecule has 0 radical (unpaired) electrons. The Morgan fingerprint density at radius 3 is 2.19 bits per heavy atom. The maximum Gasteiger partial charge on any atom is 0.243 e. The molecule has 0 atom stereocenters. The van der Waals surface area contributed by atoms with Gasteiger partial charge in [0.25, 0.3) is 0 Å². The molecule has 0 amide bonds. The molecule has 0 heterocycles. The third kappa shape index (κ3) is 3.77. The molecule has 0 fully saturated rings. The SMILES string of the molecule is Cc1ccccc1CN(C)S(=O)(=O)c1cc(Cl)cc(Cl)c1. The van der Waals surface area contributed by atoms with E-state index in [1.165, 1.54) is 29.6 Å². The van der Waals surface area contributed by atoms with Crippen molar-refractivity contribution in [2.45, 2.75) is 18.4 Å². The van der Waals surface area contributed by atoms with Crippen molar-refractivity contribution >= 4 is 33.2 Å². The van der Waals surface area contributed by atoms with Crippen LogP contribution in [-0.2, 0) is 16.6 Å². The molecule has 2 aromatic carbocycles. The van der Waals surface area contributed by atoms with Crippen LogP contribution in [0.5, 0.6) is 0 Å². The van der Waals surface area contributed by atoms with Gasteiger partial charge in [0.2, 0.25) is 10.0 Å². The van der Waals surface area contributed by atoms with Crippen molar-refractivity contribution in [3.63, 3.8) is 0 Å². The van der Waals surface area contributed by atoms with Gasteiger partial charge in [0.15, 0.2) is 0 Å². The van der Waals surface area contributed by atoms with Gasteiger partial charge in [-0.3, -0.25) is 0 Å². The molecule has 0 N–H and O–H groups in total. The van der Waals surface area contributed by atoms with Crippen LogP contribution < -0.4 is 0 Å². The normalized spacial score (nSPS) is 11.9. The predicted octanol–water partition coefficient (Wildman–Crippen LogP) is 4.12. The number of aryl methyl sites for hydroxylation is 1. The van der Waals surface area contributed by atoms with Gasteiger partial charge in [-0.05, 0) is 36.2 Å². The van der Waals surface area contributed by atoms with Gasteiger partial charge >= 0.3 is 0 Å². The van der Waals surface area contributed by atoms with E-state index in [2.05, 4.69) is 0 Å². The topological polar surface area (TPSA) is 37.4 Å². The zero-order valence-electron chi connectivity index (χ0n) is 11.7. The molecule has 2 rings (SSSR count). The fourth-order valence-electron chi connectivity index (χ4n) is 1.97. The van der Waals surface area contributed by atoms with Crippen molar-refractivity contribution in [3.05, 3.63) is 63.6 Å². The highest BCUT2D eigenvalue weighted by atomic mass is 35.5. The molecule has 0 saturated carbocycles. The van der Waals surface area contributed by atoms with Crippen LogP contribution in [0.4, 0.5) is 0 Å². The monoisotopic (exact) mass is 343 g/mol. The molecule has 2 aromatic rings. The minimum absolute atomic E-state index is 0.0936. The van der Waals surface area contributed by atoms with E-state index in [-0.39, 0.29) is 4.90 Å². The zero-order chi connectivity index (χ0) is 15.6. The van der Waals surface area contributed by atoms with Gasteiger partial charge in [-0.2, -0.15) is 4.31 Å². The lowest BCUT2D eigenvalue weighted by molar-refractivity contribution is 0.466. The van der Waals surface area contributed by atoms with Crippen molar-refractivity contribution in [1.29, 1.82) is 0 Å². The number of hydrogen-bond acceptors (Lipinski definition) is 2.